The van der Waals surface area contributed by atoms with Crippen molar-refractivity contribution < 1.29 is 27.8 Å². The van der Waals surface area contributed by atoms with Crippen LogP contribution in [-0.4, -0.2) is 37.0 Å². The van der Waals surface area contributed by atoms with Gasteiger partial charge >= 0.3 is 12.1 Å². The smallest absolute Gasteiger partial charge is 0.411 e. The number of carbonyl (C=O) groups is 1. The Kier molecular flexibility index (Phi) is 5.61. The molecule has 0 unspecified atom stereocenters. The van der Waals surface area contributed by atoms with E-state index in [1.165, 1.54) is 18.2 Å². The second kappa shape index (κ2) is 6.76. The zero-order valence-corrected chi connectivity index (χ0v) is 11.2. The number of rotatable bonds is 6. The summed E-state index contributed by atoms with van der Waals surface area (Å²) < 4.78 is 40.1. The van der Waals surface area contributed by atoms with E-state index in [0.717, 1.165) is 0 Å². The second-order valence-corrected chi connectivity index (χ2v) is 4.45. The van der Waals surface area contributed by atoms with Gasteiger partial charge in [0.05, 0.1) is 12.2 Å². The standard InChI is InChI=1S/C11H11BrF3NO3/c12-9-5-7(1-2-8(9)10(17)18)16-3-4-19-6-11(13,14)15/h1-2,5,16H,3-4,6H2,(H,17,18). The molecule has 0 amide bonds. The van der Waals surface area contributed by atoms with Crippen molar-refractivity contribution >= 4 is 27.6 Å². The number of hydrogen-bond acceptors (Lipinski definition) is 3. The first-order valence-electron chi connectivity index (χ1n) is 5.21. The number of carboxylic acids is 1. The molecule has 1 rings (SSSR count). The Labute approximate surface area is 115 Å². The SMILES string of the molecule is O=C(O)c1ccc(NCCOCC(F)(F)F)cc1Br. The number of aromatic carboxylic acids is 1. The predicted molar refractivity (Wildman–Crippen MR) is 66.5 cm³/mol. The Balaban J connectivity index is 2.38. The quantitative estimate of drug-likeness (QED) is 0.780. The van der Waals surface area contributed by atoms with Crippen molar-refractivity contribution in [1.29, 1.82) is 0 Å². The van der Waals surface area contributed by atoms with E-state index in [1.807, 2.05) is 0 Å². The van der Waals surface area contributed by atoms with Gasteiger partial charge in [-0.3, -0.25) is 0 Å². The first kappa shape index (κ1) is 15.8. The van der Waals surface area contributed by atoms with Gasteiger partial charge in [0.1, 0.15) is 6.61 Å². The lowest BCUT2D eigenvalue weighted by Crippen LogP contribution is -2.20. The van der Waals surface area contributed by atoms with Crippen molar-refractivity contribution in [1.82, 2.24) is 0 Å². The first-order chi connectivity index (χ1) is 8.79. The van der Waals surface area contributed by atoms with Crippen molar-refractivity contribution in [3.63, 3.8) is 0 Å². The van der Waals surface area contributed by atoms with E-state index in [9.17, 15) is 18.0 Å². The molecule has 0 bridgehead atoms. The minimum absolute atomic E-state index is 0.0994. The van der Waals surface area contributed by atoms with E-state index in [4.69, 9.17) is 5.11 Å². The van der Waals surface area contributed by atoms with Gasteiger partial charge in [-0.2, -0.15) is 13.2 Å². The van der Waals surface area contributed by atoms with E-state index in [2.05, 4.69) is 26.0 Å². The van der Waals surface area contributed by atoms with Crippen LogP contribution in [0.4, 0.5) is 18.9 Å². The fourth-order valence-electron chi connectivity index (χ4n) is 1.25. The maximum atomic E-state index is 11.8. The molecule has 0 radical (unpaired) electrons. The third kappa shape index (κ3) is 5.93. The van der Waals surface area contributed by atoms with Gasteiger partial charge in [0.25, 0.3) is 0 Å². The summed E-state index contributed by atoms with van der Waals surface area (Å²) in [5.74, 6) is -1.06. The predicted octanol–water partition coefficient (Wildman–Crippen LogP) is 3.14. The molecule has 0 aliphatic heterocycles. The van der Waals surface area contributed by atoms with Crippen molar-refractivity contribution in [2.45, 2.75) is 6.18 Å². The number of hydrogen-bond donors (Lipinski definition) is 2. The molecular formula is C11H11BrF3NO3. The van der Waals surface area contributed by atoms with Crippen LogP contribution in [0.15, 0.2) is 22.7 Å². The summed E-state index contributed by atoms with van der Waals surface area (Å²) >= 11 is 3.10. The van der Waals surface area contributed by atoms with Gasteiger partial charge in [-0.25, -0.2) is 4.79 Å². The Hall–Kier alpha value is -1.28. The summed E-state index contributed by atoms with van der Waals surface area (Å²) in [4.78, 5) is 10.7. The molecule has 0 aromatic heterocycles. The average Bonchev–Trinajstić information content (AvgIpc) is 2.26. The number of carboxylic acid groups (broad SMARTS) is 1. The average molecular weight is 342 g/mol. The molecule has 1 aromatic carbocycles. The largest absolute Gasteiger partial charge is 0.478 e. The molecule has 0 aliphatic carbocycles. The monoisotopic (exact) mass is 341 g/mol. The summed E-state index contributed by atoms with van der Waals surface area (Å²) in [5, 5.41) is 11.6. The van der Waals surface area contributed by atoms with Gasteiger partial charge in [-0.15, -0.1) is 0 Å². The van der Waals surface area contributed by atoms with Crippen molar-refractivity contribution in [3.05, 3.63) is 28.2 Å². The van der Waals surface area contributed by atoms with Crippen LogP contribution in [0.3, 0.4) is 0 Å². The molecule has 1 aromatic rings. The molecule has 0 saturated heterocycles. The lowest BCUT2D eigenvalue weighted by molar-refractivity contribution is -0.172. The third-order valence-electron chi connectivity index (χ3n) is 2.04. The van der Waals surface area contributed by atoms with Gasteiger partial charge < -0.3 is 15.2 Å². The normalized spacial score (nSPS) is 11.4. The van der Waals surface area contributed by atoms with Crippen LogP contribution < -0.4 is 5.32 Å². The summed E-state index contributed by atoms with van der Waals surface area (Å²) in [5.41, 5.74) is 0.700. The van der Waals surface area contributed by atoms with Gasteiger partial charge in [0, 0.05) is 16.7 Å². The fourth-order valence-corrected chi connectivity index (χ4v) is 1.80. The highest BCUT2D eigenvalue weighted by Crippen LogP contribution is 2.21. The number of alkyl halides is 3. The van der Waals surface area contributed by atoms with Gasteiger partial charge in [0.15, 0.2) is 0 Å². The molecule has 0 saturated carbocycles. The molecular weight excluding hydrogens is 331 g/mol. The highest BCUT2D eigenvalue weighted by atomic mass is 79.9. The summed E-state index contributed by atoms with van der Waals surface area (Å²) in [6.07, 6.45) is -4.33. The molecule has 0 fully saturated rings. The molecule has 0 spiro atoms. The maximum absolute atomic E-state index is 11.8. The molecule has 2 N–H and O–H groups in total. The van der Waals surface area contributed by atoms with Crippen LogP contribution in [0.1, 0.15) is 10.4 Å². The first-order valence-corrected chi connectivity index (χ1v) is 6.00. The van der Waals surface area contributed by atoms with E-state index in [0.29, 0.717) is 10.2 Å². The van der Waals surface area contributed by atoms with Crippen LogP contribution in [0, 0.1) is 0 Å². The van der Waals surface area contributed by atoms with Gasteiger partial charge in [-0.05, 0) is 34.1 Å². The number of nitrogens with one attached hydrogen (secondary N) is 1. The lowest BCUT2D eigenvalue weighted by Gasteiger charge is -2.10. The van der Waals surface area contributed by atoms with Crippen molar-refractivity contribution in [2.24, 2.45) is 0 Å². The number of benzene rings is 1. The number of anilines is 1. The maximum Gasteiger partial charge on any atom is 0.411 e. The van der Waals surface area contributed by atoms with Crippen LogP contribution >= 0.6 is 15.9 Å². The van der Waals surface area contributed by atoms with Crippen molar-refractivity contribution in [3.8, 4) is 0 Å². The molecule has 0 heterocycles. The highest BCUT2D eigenvalue weighted by molar-refractivity contribution is 9.10. The summed E-state index contributed by atoms with van der Waals surface area (Å²) in [6.45, 7) is -1.19. The number of ether oxygens (including phenoxy) is 1. The molecule has 19 heavy (non-hydrogen) atoms. The fraction of sp³-hybridized carbons (Fsp3) is 0.364. The zero-order valence-electron chi connectivity index (χ0n) is 9.63. The third-order valence-corrected chi connectivity index (χ3v) is 2.70. The Morgan fingerprint density at radius 2 is 2.11 bits per heavy atom. The van der Waals surface area contributed by atoms with Crippen molar-refractivity contribution in [2.75, 3.05) is 25.1 Å². The second-order valence-electron chi connectivity index (χ2n) is 3.59. The summed E-state index contributed by atoms with van der Waals surface area (Å²) in [6, 6.07) is 4.45. The topological polar surface area (TPSA) is 58.6 Å². The van der Waals surface area contributed by atoms with Crippen LogP contribution in [0.2, 0.25) is 0 Å². The Bertz CT molecular complexity index is 451. The zero-order chi connectivity index (χ0) is 14.5. The molecule has 106 valence electrons. The molecule has 8 heteroatoms. The van der Waals surface area contributed by atoms with E-state index in [-0.39, 0.29) is 18.7 Å². The van der Waals surface area contributed by atoms with E-state index >= 15 is 0 Å². The Morgan fingerprint density at radius 1 is 1.42 bits per heavy atom. The molecule has 0 aliphatic rings. The van der Waals surface area contributed by atoms with E-state index < -0.39 is 18.8 Å². The minimum Gasteiger partial charge on any atom is -0.478 e. The lowest BCUT2D eigenvalue weighted by atomic mass is 10.2. The number of halogens is 4. The minimum atomic E-state index is -4.33. The van der Waals surface area contributed by atoms with Crippen LogP contribution in [-0.2, 0) is 4.74 Å². The van der Waals surface area contributed by atoms with Crippen LogP contribution in [0.25, 0.3) is 0 Å². The molecule has 4 nitrogen and oxygen atoms in total. The van der Waals surface area contributed by atoms with Gasteiger partial charge in [0.2, 0.25) is 0 Å². The summed E-state index contributed by atoms with van der Waals surface area (Å²) in [7, 11) is 0. The van der Waals surface area contributed by atoms with E-state index in [1.54, 1.807) is 0 Å². The Morgan fingerprint density at radius 3 is 2.63 bits per heavy atom. The van der Waals surface area contributed by atoms with Gasteiger partial charge in [-0.1, -0.05) is 0 Å². The molecule has 0 atom stereocenters. The highest BCUT2D eigenvalue weighted by Gasteiger charge is 2.27. The van der Waals surface area contributed by atoms with Crippen LogP contribution in [0.5, 0.6) is 0 Å².